The fraction of sp³-hybridized carbons (Fsp3) is 1.00. The molecule has 2 nitrogen and oxygen atoms in total. The van der Waals surface area contributed by atoms with E-state index in [0.29, 0.717) is 0 Å². The molecule has 0 saturated carbocycles. The van der Waals surface area contributed by atoms with Crippen LogP contribution in [-0.4, -0.2) is 24.6 Å². The molecule has 2 heteroatoms. The zero-order valence-corrected chi connectivity index (χ0v) is 7.15. The number of rotatable bonds is 3. The van der Waals surface area contributed by atoms with Crippen molar-refractivity contribution < 1.29 is 0 Å². The molecule has 0 rings (SSSR count). The maximum Gasteiger partial charge on any atom is 0.0292 e. The largest absolute Gasteiger partial charge is 0.258 e. The molecule has 0 aromatic rings. The highest BCUT2D eigenvalue weighted by Crippen LogP contribution is 2.12. The molecule has 9 heavy (non-hydrogen) atoms. The lowest BCUT2D eigenvalue weighted by Crippen LogP contribution is -2.47. The van der Waals surface area contributed by atoms with Crippen LogP contribution in [-0.2, 0) is 0 Å². The molecular weight excluding hydrogens is 112 g/mol. The van der Waals surface area contributed by atoms with Gasteiger partial charge in [0, 0.05) is 12.6 Å². The molecule has 0 aromatic heterocycles. The van der Waals surface area contributed by atoms with Crippen LogP contribution in [0.15, 0.2) is 0 Å². The summed E-state index contributed by atoms with van der Waals surface area (Å²) in [5.41, 5.74) is 3.36. The first kappa shape index (κ1) is 8.92. The van der Waals surface area contributed by atoms with Gasteiger partial charge in [0.25, 0.3) is 0 Å². The molecule has 0 heterocycles. The first-order chi connectivity index (χ1) is 4.04. The van der Waals surface area contributed by atoms with Gasteiger partial charge in [0.1, 0.15) is 0 Å². The lowest BCUT2D eigenvalue weighted by molar-refractivity contribution is 0.101. The van der Waals surface area contributed by atoms with Crippen molar-refractivity contribution in [3.63, 3.8) is 0 Å². The van der Waals surface area contributed by atoms with E-state index in [1.54, 1.807) is 0 Å². The second kappa shape index (κ2) is 3.18. The smallest absolute Gasteiger partial charge is 0.0292 e. The van der Waals surface area contributed by atoms with Crippen molar-refractivity contribution in [3.05, 3.63) is 0 Å². The highest BCUT2D eigenvalue weighted by Gasteiger charge is 2.18. The Morgan fingerprint density at radius 1 is 1.44 bits per heavy atom. The molecule has 0 unspecified atom stereocenters. The van der Waals surface area contributed by atoms with E-state index in [4.69, 9.17) is 0 Å². The van der Waals surface area contributed by atoms with Crippen LogP contribution in [0.5, 0.6) is 0 Å². The lowest BCUT2D eigenvalue weighted by atomic mass is 10.0. The van der Waals surface area contributed by atoms with Gasteiger partial charge in [0.15, 0.2) is 0 Å². The van der Waals surface area contributed by atoms with Crippen molar-refractivity contribution in [2.24, 2.45) is 0 Å². The van der Waals surface area contributed by atoms with Crippen molar-refractivity contribution in [1.29, 1.82) is 0 Å². The molecule has 1 N–H and O–H groups in total. The highest BCUT2D eigenvalue weighted by atomic mass is 15.5. The van der Waals surface area contributed by atoms with E-state index >= 15 is 0 Å². The van der Waals surface area contributed by atoms with Crippen LogP contribution in [0.2, 0.25) is 0 Å². The predicted octanol–water partition coefficient (Wildman–Crippen LogP) is 1.24. The summed E-state index contributed by atoms with van der Waals surface area (Å²) in [4.78, 5) is 0. The van der Waals surface area contributed by atoms with Crippen LogP contribution in [0, 0.1) is 0 Å². The summed E-state index contributed by atoms with van der Waals surface area (Å²) in [6, 6.07) is 0. The molecule has 0 fully saturated rings. The molecule has 0 aliphatic rings. The van der Waals surface area contributed by atoms with Crippen LogP contribution < -0.4 is 5.43 Å². The molecule has 0 atom stereocenters. The fourth-order valence-electron chi connectivity index (χ4n) is 0.540. The third kappa shape index (κ3) is 2.33. The summed E-state index contributed by atoms with van der Waals surface area (Å²) >= 11 is 0. The van der Waals surface area contributed by atoms with E-state index in [1.165, 1.54) is 0 Å². The third-order valence-electron chi connectivity index (χ3n) is 2.11. The zero-order chi connectivity index (χ0) is 7.49. The Bertz CT molecular complexity index is 79.0. The summed E-state index contributed by atoms with van der Waals surface area (Å²) in [6.07, 6.45) is 1.16. The zero-order valence-electron chi connectivity index (χ0n) is 7.15. The topological polar surface area (TPSA) is 15.3 Å². The van der Waals surface area contributed by atoms with Crippen LogP contribution in [0.25, 0.3) is 0 Å². The maximum atomic E-state index is 3.09. The average Bonchev–Trinajstić information content (AvgIpc) is 1.86. The standard InChI is InChI=1S/C7H18N2/c1-6-7(2,3)9(5)8-4/h8H,6H2,1-5H3. The normalized spacial score (nSPS) is 12.7. The number of hydrogen-bond acceptors (Lipinski definition) is 2. The minimum absolute atomic E-state index is 0.273. The molecule has 0 aliphatic carbocycles. The fourth-order valence-corrected chi connectivity index (χ4v) is 0.540. The van der Waals surface area contributed by atoms with Gasteiger partial charge in [-0.1, -0.05) is 6.92 Å². The molecular formula is C7H18N2. The van der Waals surface area contributed by atoms with Gasteiger partial charge in [0.05, 0.1) is 0 Å². The van der Waals surface area contributed by atoms with Gasteiger partial charge < -0.3 is 0 Å². The molecule has 0 amide bonds. The van der Waals surface area contributed by atoms with Crippen molar-refractivity contribution >= 4 is 0 Å². The van der Waals surface area contributed by atoms with E-state index in [1.807, 2.05) is 7.05 Å². The van der Waals surface area contributed by atoms with Crippen LogP contribution in [0.4, 0.5) is 0 Å². The SMILES string of the molecule is CCC(C)(C)N(C)NC. The lowest BCUT2D eigenvalue weighted by Gasteiger charge is -2.33. The minimum Gasteiger partial charge on any atom is -0.258 e. The first-order valence-corrected chi connectivity index (χ1v) is 3.46. The molecule has 0 aromatic carbocycles. The molecule has 56 valence electrons. The summed E-state index contributed by atoms with van der Waals surface area (Å²) in [6.45, 7) is 6.61. The van der Waals surface area contributed by atoms with E-state index in [2.05, 4.69) is 38.3 Å². The Morgan fingerprint density at radius 3 is 2.00 bits per heavy atom. The second-order valence-electron chi connectivity index (χ2n) is 2.95. The van der Waals surface area contributed by atoms with E-state index in [9.17, 15) is 0 Å². The highest BCUT2D eigenvalue weighted by molar-refractivity contribution is 4.73. The maximum absolute atomic E-state index is 3.09. The van der Waals surface area contributed by atoms with Crippen molar-refractivity contribution in [3.8, 4) is 0 Å². The summed E-state index contributed by atoms with van der Waals surface area (Å²) in [5, 5.41) is 2.12. The Hall–Kier alpha value is -0.0800. The Labute approximate surface area is 58.2 Å². The summed E-state index contributed by atoms with van der Waals surface area (Å²) in [7, 11) is 4.00. The molecule has 0 aliphatic heterocycles. The van der Waals surface area contributed by atoms with Crippen LogP contribution >= 0.6 is 0 Å². The van der Waals surface area contributed by atoms with E-state index in [-0.39, 0.29) is 5.54 Å². The summed E-state index contributed by atoms with van der Waals surface area (Å²) in [5.74, 6) is 0. The van der Waals surface area contributed by atoms with Gasteiger partial charge in [-0.2, -0.15) is 0 Å². The molecule has 0 bridgehead atoms. The van der Waals surface area contributed by atoms with Crippen molar-refractivity contribution in [2.45, 2.75) is 32.7 Å². The number of hydrogen-bond donors (Lipinski definition) is 1. The van der Waals surface area contributed by atoms with Crippen molar-refractivity contribution in [2.75, 3.05) is 14.1 Å². The number of nitrogens with zero attached hydrogens (tertiary/aromatic N) is 1. The summed E-state index contributed by atoms with van der Waals surface area (Å²) < 4.78 is 0. The first-order valence-electron chi connectivity index (χ1n) is 3.46. The molecule has 0 radical (unpaired) electrons. The second-order valence-corrected chi connectivity index (χ2v) is 2.95. The molecule has 0 spiro atoms. The third-order valence-corrected chi connectivity index (χ3v) is 2.11. The van der Waals surface area contributed by atoms with Gasteiger partial charge in [-0.15, -0.1) is 0 Å². The van der Waals surface area contributed by atoms with Crippen molar-refractivity contribution in [1.82, 2.24) is 10.4 Å². The number of hydrazine groups is 1. The molecule has 0 saturated heterocycles. The van der Waals surface area contributed by atoms with Gasteiger partial charge in [0.2, 0.25) is 0 Å². The van der Waals surface area contributed by atoms with Gasteiger partial charge in [-0.3, -0.25) is 5.43 Å². The van der Waals surface area contributed by atoms with Gasteiger partial charge in [-0.25, -0.2) is 5.01 Å². The average molecular weight is 130 g/mol. The Kier molecular flexibility index (Phi) is 3.15. The monoisotopic (exact) mass is 130 g/mol. The number of nitrogens with one attached hydrogen (secondary N) is 1. The Morgan fingerprint density at radius 2 is 1.89 bits per heavy atom. The van der Waals surface area contributed by atoms with Gasteiger partial charge in [-0.05, 0) is 27.3 Å². The van der Waals surface area contributed by atoms with Crippen LogP contribution in [0.3, 0.4) is 0 Å². The van der Waals surface area contributed by atoms with E-state index in [0.717, 1.165) is 6.42 Å². The quantitative estimate of drug-likeness (QED) is 0.578. The minimum atomic E-state index is 0.273. The Balaban J connectivity index is 3.80. The van der Waals surface area contributed by atoms with Gasteiger partial charge >= 0.3 is 0 Å². The van der Waals surface area contributed by atoms with Crippen LogP contribution in [0.1, 0.15) is 27.2 Å². The van der Waals surface area contributed by atoms with E-state index < -0.39 is 0 Å². The predicted molar refractivity (Wildman–Crippen MR) is 41.2 cm³/mol.